The van der Waals surface area contributed by atoms with Crippen LogP contribution in [0.2, 0.25) is 0 Å². The average molecular weight is 668 g/mol. The van der Waals surface area contributed by atoms with Gasteiger partial charge in [-0.05, 0) is 94.2 Å². The van der Waals surface area contributed by atoms with Crippen molar-refractivity contribution in [3.63, 3.8) is 0 Å². The Hall–Kier alpha value is -1.66. The van der Waals surface area contributed by atoms with Crippen molar-refractivity contribution in [1.82, 2.24) is 0 Å². The van der Waals surface area contributed by atoms with Crippen LogP contribution in [0.25, 0.3) is 11.1 Å². The SMILES string of the molecule is CC12CCC(C)(CC1)c1cc(C=O)c(C#Cc3ccc4c(c3)C(C)(C)c3ccccc3-4)cc12.[B][B]B(B([B])[B])B(B([B])[B])B(B=S)B(B([B])[B])B([B])[B]. The van der Waals surface area contributed by atoms with Crippen molar-refractivity contribution >= 4 is 152 Å². The molecule has 21 heteroatoms. The fourth-order valence-electron chi connectivity index (χ4n) is 9.13. The number of benzene rings is 3. The summed E-state index contributed by atoms with van der Waals surface area (Å²) in [7, 11) is 53.0. The van der Waals surface area contributed by atoms with Crippen LogP contribution in [0.4, 0.5) is 0 Å². The van der Waals surface area contributed by atoms with Crippen LogP contribution in [0.15, 0.2) is 54.6 Å². The fourth-order valence-corrected chi connectivity index (χ4v) is 9.49. The number of fused-ring (bicyclic) bond motifs is 5. The first-order chi connectivity index (χ1) is 24.9. The minimum absolute atomic E-state index is 0.0351. The summed E-state index contributed by atoms with van der Waals surface area (Å²) in [6.07, 6.45) is 0.763. The first kappa shape index (κ1) is 42.5. The molecule has 0 saturated heterocycles. The maximum atomic E-state index is 12.0. The van der Waals surface area contributed by atoms with Crippen molar-refractivity contribution in [3.05, 3.63) is 93.5 Å². The van der Waals surface area contributed by atoms with E-state index in [-0.39, 0.29) is 16.2 Å². The van der Waals surface area contributed by atoms with Gasteiger partial charge in [-0.25, -0.2) is 0 Å². The van der Waals surface area contributed by atoms with Crippen molar-refractivity contribution < 1.29 is 4.79 Å². The molecular formula is C32H30B19OS. The normalized spacial score (nSPS) is 19.2. The zero-order valence-electron chi connectivity index (χ0n) is 31.4. The van der Waals surface area contributed by atoms with Crippen LogP contribution in [0, 0.1) is 11.8 Å². The first-order valence-corrected chi connectivity index (χ1v) is 18.9. The van der Waals surface area contributed by atoms with E-state index >= 15 is 0 Å². The van der Waals surface area contributed by atoms with Crippen molar-refractivity contribution in [2.45, 2.75) is 69.6 Å². The molecule has 3 aromatic carbocycles. The summed E-state index contributed by atoms with van der Waals surface area (Å²) in [5, 5.41) is 0. The molecule has 4 aliphatic carbocycles. The van der Waals surface area contributed by atoms with Crippen LogP contribution in [0.3, 0.4) is 0 Å². The molecule has 7 rings (SSSR count). The van der Waals surface area contributed by atoms with E-state index in [0.717, 1.165) is 23.0 Å². The van der Waals surface area contributed by atoms with E-state index in [0.29, 0.717) is 0 Å². The molecule has 0 spiro atoms. The molecule has 2 bridgehead atoms. The average Bonchev–Trinajstić information content (AvgIpc) is 3.34. The molecular weight excluding hydrogens is 638 g/mol. The van der Waals surface area contributed by atoms with Gasteiger partial charge in [0, 0.05) is 22.1 Å². The van der Waals surface area contributed by atoms with Gasteiger partial charge in [-0.2, -0.15) is 0 Å². The second kappa shape index (κ2) is 16.8. The number of carbonyl (C=O) groups excluding carboxylic acids is 1. The van der Waals surface area contributed by atoms with Gasteiger partial charge >= 0.3 is 146 Å². The molecule has 0 aromatic heterocycles. The molecule has 53 heavy (non-hydrogen) atoms. The van der Waals surface area contributed by atoms with Gasteiger partial charge in [0.15, 0.2) is 6.29 Å². The van der Waals surface area contributed by atoms with E-state index in [1.54, 1.807) is 0 Å². The summed E-state index contributed by atoms with van der Waals surface area (Å²) in [4.78, 5) is 12.0. The molecule has 1 saturated carbocycles. The third-order valence-corrected chi connectivity index (χ3v) is 12.8. The zero-order valence-corrected chi connectivity index (χ0v) is 32.2. The number of hydrogen-bond donors (Lipinski definition) is 0. The van der Waals surface area contributed by atoms with Crippen LogP contribution in [0.1, 0.15) is 97.1 Å². The fraction of sp³-hybridized carbons (Fsp3) is 0.344. The minimum atomic E-state index is -0.798. The van der Waals surface area contributed by atoms with E-state index < -0.39 is 51.1 Å². The van der Waals surface area contributed by atoms with Crippen molar-refractivity contribution in [1.29, 1.82) is 0 Å². The van der Waals surface area contributed by atoms with Gasteiger partial charge in [-0.15, -0.1) is 0 Å². The second-order valence-corrected chi connectivity index (χ2v) is 16.6. The molecule has 0 aliphatic heterocycles. The van der Waals surface area contributed by atoms with Gasteiger partial charge < -0.3 is 0 Å². The van der Waals surface area contributed by atoms with E-state index in [2.05, 4.69) is 94.1 Å². The number of carbonyl (C=O) groups is 1. The van der Waals surface area contributed by atoms with E-state index in [1.807, 2.05) is 0 Å². The Labute approximate surface area is 341 Å². The molecule has 0 atom stereocenters. The van der Waals surface area contributed by atoms with Gasteiger partial charge in [0.25, 0.3) is 0 Å². The van der Waals surface area contributed by atoms with E-state index in [1.165, 1.54) is 72.2 Å². The Bertz CT molecular complexity index is 1890. The van der Waals surface area contributed by atoms with Crippen LogP contribution in [-0.2, 0) is 16.2 Å². The molecule has 3 aromatic rings. The molecule has 0 amide bonds. The van der Waals surface area contributed by atoms with Gasteiger partial charge in [0.2, 0.25) is 0 Å². The Morgan fingerprint density at radius 2 is 1.21 bits per heavy atom. The molecule has 19 radical (unpaired) electrons. The molecule has 227 valence electrons. The van der Waals surface area contributed by atoms with Crippen LogP contribution < -0.4 is 0 Å². The van der Waals surface area contributed by atoms with E-state index in [4.69, 9.17) is 81.7 Å². The van der Waals surface area contributed by atoms with E-state index in [9.17, 15) is 4.79 Å². The number of aldehydes is 1. The van der Waals surface area contributed by atoms with Crippen molar-refractivity contribution in [2.24, 2.45) is 0 Å². The van der Waals surface area contributed by atoms with Gasteiger partial charge in [0.05, 0.1) is 0 Å². The standard InChI is InChI=1S/C32H30O.B19S/c1-30(2)26-8-6-5-7-24(26)25-12-10-21(17-27(25)30)9-11-22-18-28-29(19-23(22)20-33)32(4)15-13-31(28,3)14-16-32;1-10-16(12(2)3)19(15(8)9)17(11-20)18(13(4)5)14(6)7/h5-8,10,12,17-20H,13-16H2,1-4H3;. The maximum absolute atomic E-state index is 12.0. The molecule has 0 unspecified atom stereocenters. The quantitative estimate of drug-likeness (QED) is 0.180. The Morgan fingerprint density at radius 1 is 0.660 bits per heavy atom. The predicted octanol–water partition coefficient (Wildman–Crippen LogP) is 0.721. The summed E-state index contributed by atoms with van der Waals surface area (Å²) in [5.41, 5.74) is 11.1. The van der Waals surface area contributed by atoms with Crippen LogP contribution in [0.5, 0.6) is 0 Å². The third-order valence-electron chi connectivity index (χ3n) is 12.5. The molecule has 0 N–H and O–H groups in total. The first-order valence-electron chi connectivity index (χ1n) is 18.4. The zero-order chi connectivity index (χ0) is 39.0. The third kappa shape index (κ3) is 8.26. The summed E-state index contributed by atoms with van der Waals surface area (Å²) < 4.78 is 0. The van der Waals surface area contributed by atoms with Crippen LogP contribution >= 0.6 is 12.1 Å². The molecule has 1 fully saturated rings. The Morgan fingerprint density at radius 3 is 1.72 bits per heavy atom. The summed E-state index contributed by atoms with van der Waals surface area (Å²) in [6, 6.07) is 21.1. The van der Waals surface area contributed by atoms with Crippen molar-refractivity contribution in [3.8, 4) is 23.0 Å². The summed E-state index contributed by atoms with van der Waals surface area (Å²) >= 11 is 5.04. The second-order valence-electron chi connectivity index (χ2n) is 16.4. The summed E-state index contributed by atoms with van der Waals surface area (Å²) in [6.45, 7) is 9.34. The number of hydrogen-bond acceptors (Lipinski definition) is 2. The monoisotopic (exact) mass is 671 g/mol. The van der Waals surface area contributed by atoms with Gasteiger partial charge in [0.1, 0.15) is 0 Å². The van der Waals surface area contributed by atoms with Gasteiger partial charge in [-0.3, -0.25) is 4.79 Å². The Balaban J connectivity index is 0.000000235. The molecule has 4 aliphatic rings. The molecule has 1 nitrogen and oxygen atoms in total. The summed E-state index contributed by atoms with van der Waals surface area (Å²) in [5.74, 6) is 6.77. The van der Waals surface area contributed by atoms with Crippen LogP contribution in [-0.4, -0.2) is 140 Å². The number of rotatable bonds is 10. The predicted molar refractivity (Wildman–Crippen MR) is 252 cm³/mol. The topological polar surface area (TPSA) is 17.1 Å². The van der Waals surface area contributed by atoms with Gasteiger partial charge in [-0.1, -0.05) is 69.9 Å². The Kier molecular flexibility index (Phi) is 13.5. The molecule has 0 heterocycles. The van der Waals surface area contributed by atoms with Crippen molar-refractivity contribution in [2.75, 3.05) is 0 Å².